The molecule has 0 saturated heterocycles. The molecule has 1 atom stereocenters. The molecule has 1 aromatic carbocycles. The Morgan fingerprint density at radius 1 is 1.21 bits per heavy atom. The maximum Gasteiger partial charge on any atom is 0.278 e. The van der Waals surface area contributed by atoms with Gasteiger partial charge in [0, 0.05) is 18.3 Å². The van der Waals surface area contributed by atoms with Gasteiger partial charge in [-0.15, -0.1) is 0 Å². The van der Waals surface area contributed by atoms with Crippen molar-refractivity contribution in [2.24, 2.45) is 5.73 Å². The third-order valence-corrected chi connectivity index (χ3v) is 5.77. The van der Waals surface area contributed by atoms with Gasteiger partial charge in [0.15, 0.2) is 11.6 Å². The first kappa shape index (κ1) is 23.4. The molecule has 10 heteroatoms. The molecule has 4 rings (SSSR count). The van der Waals surface area contributed by atoms with E-state index in [1.165, 1.54) is 4.57 Å². The topological polar surface area (TPSA) is 125 Å². The van der Waals surface area contributed by atoms with Crippen molar-refractivity contribution in [1.82, 2.24) is 29.2 Å². The zero-order valence-corrected chi connectivity index (χ0v) is 19.6. The van der Waals surface area contributed by atoms with Crippen LogP contribution >= 0.6 is 0 Å². The maximum atomic E-state index is 13.6. The van der Waals surface area contributed by atoms with E-state index >= 15 is 0 Å². The minimum atomic E-state index is -0.469. The van der Waals surface area contributed by atoms with E-state index in [1.807, 2.05) is 38.1 Å². The minimum Gasteiger partial charge on any atom is -0.337 e. The fraction of sp³-hybridized carbons (Fsp3) is 0.375. The molecule has 178 valence electrons. The van der Waals surface area contributed by atoms with E-state index in [2.05, 4.69) is 10.1 Å². The van der Waals surface area contributed by atoms with Crippen LogP contribution in [0.15, 0.2) is 51.9 Å². The first-order chi connectivity index (χ1) is 16.4. The summed E-state index contributed by atoms with van der Waals surface area (Å²) >= 11 is 0. The second-order valence-corrected chi connectivity index (χ2v) is 8.25. The van der Waals surface area contributed by atoms with E-state index in [4.69, 9.17) is 15.4 Å². The van der Waals surface area contributed by atoms with Crippen LogP contribution in [-0.2, 0) is 6.54 Å². The lowest BCUT2D eigenvalue weighted by Crippen LogP contribution is -2.40. The highest BCUT2D eigenvalue weighted by molar-refractivity contribution is 5.94. The Morgan fingerprint density at radius 3 is 2.62 bits per heavy atom. The van der Waals surface area contributed by atoms with E-state index in [-0.39, 0.29) is 18.0 Å². The number of benzene rings is 1. The molecule has 2 N–H and O–H groups in total. The highest BCUT2D eigenvalue weighted by atomic mass is 16.5. The Hall–Kier alpha value is -3.79. The van der Waals surface area contributed by atoms with Gasteiger partial charge in [-0.25, -0.2) is 4.52 Å². The van der Waals surface area contributed by atoms with Crippen molar-refractivity contribution in [2.45, 2.75) is 46.2 Å². The molecule has 0 fully saturated rings. The van der Waals surface area contributed by atoms with Crippen LogP contribution in [0.25, 0.3) is 5.52 Å². The van der Waals surface area contributed by atoms with Gasteiger partial charge in [-0.1, -0.05) is 29.8 Å². The molecule has 34 heavy (non-hydrogen) atoms. The van der Waals surface area contributed by atoms with Crippen molar-refractivity contribution >= 4 is 11.4 Å². The number of hydrogen-bond donors (Lipinski definition) is 1. The molecular weight excluding hydrogens is 434 g/mol. The smallest absolute Gasteiger partial charge is 0.278 e. The number of hydrogen-bond acceptors (Lipinski definition) is 7. The Kier molecular flexibility index (Phi) is 6.87. The molecule has 0 saturated carbocycles. The molecule has 0 aliphatic carbocycles. The largest absolute Gasteiger partial charge is 0.337 e. The van der Waals surface area contributed by atoms with Crippen molar-refractivity contribution in [3.05, 3.63) is 81.6 Å². The van der Waals surface area contributed by atoms with Crippen molar-refractivity contribution in [3.8, 4) is 0 Å². The summed E-state index contributed by atoms with van der Waals surface area (Å²) in [5.41, 5.74) is 7.62. The van der Waals surface area contributed by atoms with Crippen LogP contribution in [0.5, 0.6) is 0 Å². The molecule has 3 aromatic heterocycles. The molecule has 10 nitrogen and oxygen atoms in total. The van der Waals surface area contributed by atoms with Crippen molar-refractivity contribution in [1.29, 1.82) is 0 Å². The maximum absolute atomic E-state index is 13.6. The standard InChI is InChI=1S/C24H29N7O3/c1-4-19(29(13-6-12-25)23(32)18-10-8-16(2)9-11-18)22-27-31-14-5-7-20(31)24(33)30(22)15-21-26-17(3)28-34-21/h5,7-11,14,19H,4,6,12-13,15,25H2,1-3H3. The number of carbonyl (C=O) groups excluding carboxylic acids is 1. The summed E-state index contributed by atoms with van der Waals surface area (Å²) in [6.45, 7) is 6.59. The molecule has 0 bridgehead atoms. The minimum absolute atomic E-state index is 0.0592. The van der Waals surface area contributed by atoms with Crippen LogP contribution in [0, 0.1) is 13.8 Å². The second-order valence-electron chi connectivity index (χ2n) is 8.25. The number of fused-ring (bicyclic) bond motifs is 1. The first-order valence-electron chi connectivity index (χ1n) is 11.4. The Labute approximate surface area is 197 Å². The second kappa shape index (κ2) is 10.0. The van der Waals surface area contributed by atoms with Gasteiger partial charge in [0.2, 0.25) is 5.89 Å². The van der Waals surface area contributed by atoms with Gasteiger partial charge in [-0.3, -0.25) is 14.2 Å². The highest BCUT2D eigenvalue weighted by Crippen LogP contribution is 2.25. The Balaban J connectivity index is 1.83. The number of nitrogens with zero attached hydrogens (tertiary/aromatic N) is 6. The first-order valence-corrected chi connectivity index (χ1v) is 11.4. The third-order valence-electron chi connectivity index (χ3n) is 5.77. The highest BCUT2D eigenvalue weighted by Gasteiger charge is 2.30. The molecule has 0 radical (unpaired) electrons. The fourth-order valence-electron chi connectivity index (χ4n) is 4.04. The molecule has 1 amide bonds. The number of carbonyl (C=O) groups is 1. The average Bonchev–Trinajstić information content (AvgIpc) is 3.47. The monoisotopic (exact) mass is 463 g/mol. The van der Waals surface area contributed by atoms with E-state index in [0.717, 1.165) is 5.56 Å². The SMILES string of the molecule is CCC(c1nn2cccc2c(=O)n1Cc1nc(C)no1)N(CCCN)C(=O)c1ccc(C)cc1. The summed E-state index contributed by atoms with van der Waals surface area (Å²) in [5.74, 6) is 1.09. The number of aromatic nitrogens is 5. The zero-order valence-electron chi connectivity index (χ0n) is 19.6. The molecule has 4 aromatic rings. The number of amides is 1. The van der Waals surface area contributed by atoms with Crippen molar-refractivity contribution in [3.63, 3.8) is 0 Å². The quantitative estimate of drug-likeness (QED) is 0.404. The predicted molar refractivity (Wildman–Crippen MR) is 127 cm³/mol. The summed E-state index contributed by atoms with van der Waals surface area (Å²) in [6, 6.07) is 10.5. The van der Waals surface area contributed by atoms with Gasteiger partial charge < -0.3 is 15.2 Å². The third kappa shape index (κ3) is 4.62. The molecule has 0 aliphatic rings. The zero-order chi connectivity index (χ0) is 24.2. The number of rotatable bonds is 9. The molecule has 0 spiro atoms. The normalized spacial score (nSPS) is 12.2. The van der Waals surface area contributed by atoms with Crippen LogP contribution in [0.4, 0.5) is 0 Å². The van der Waals surface area contributed by atoms with Gasteiger partial charge in [-0.05, 0) is 57.5 Å². The summed E-state index contributed by atoms with van der Waals surface area (Å²) < 4.78 is 8.36. The lowest BCUT2D eigenvalue weighted by atomic mass is 10.1. The number of nitrogens with two attached hydrogens (primary N) is 1. The summed E-state index contributed by atoms with van der Waals surface area (Å²) in [4.78, 5) is 33.1. The Bertz CT molecular complexity index is 1340. The average molecular weight is 464 g/mol. The number of aryl methyl sites for hydroxylation is 2. The van der Waals surface area contributed by atoms with Crippen LogP contribution < -0.4 is 11.3 Å². The Morgan fingerprint density at radius 2 is 1.97 bits per heavy atom. The van der Waals surface area contributed by atoms with Crippen molar-refractivity contribution in [2.75, 3.05) is 13.1 Å². The van der Waals surface area contributed by atoms with E-state index < -0.39 is 6.04 Å². The lowest BCUT2D eigenvalue weighted by molar-refractivity contribution is 0.0653. The van der Waals surface area contributed by atoms with Gasteiger partial charge in [0.1, 0.15) is 12.1 Å². The van der Waals surface area contributed by atoms with Crippen LogP contribution in [0.2, 0.25) is 0 Å². The van der Waals surface area contributed by atoms with Gasteiger partial charge in [-0.2, -0.15) is 10.1 Å². The van der Waals surface area contributed by atoms with Crippen LogP contribution in [0.1, 0.15) is 59.3 Å². The van der Waals surface area contributed by atoms with E-state index in [0.29, 0.717) is 54.6 Å². The summed E-state index contributed by atoms with van der Waals surface area (Å²) in [7, 11) is 0. The van der Waals surface area contributed by atoms with Crippen LogP contribution in [-0.4, -0.2) is 48.2 Å². The predicted octanol–water partition coefficient (Wildman–Crippen LogP) is 2.49. The van der Waals surface area contributed by atoms with Crippen LogP contribution in [0.3, 0.4) is 0 Å². The van der Waals surface area contributed by atoms with Gasteiger partial charge in [0.05, 0.1) is 6.04 Å². The lowest BCUT2D eigenvalue weighted by Gasteiger charge is -2.32. The van der Waals surface area contributed by atoms with Crippen molar-refractivity contribution < 1.29 is 9.32 Å². The van der Waals surface area contributed by atoms with Gasteiger partial charge in [0.25, 0.3) is 11.5 Å². The molecule has 0 aliphatic heterocycles. The molecule has 3 heterocycles. The summed E-state index contributed by atoms with van der Waals surface area (Å²) in [5, 5.41) is 8.59. The summed E-state index contributed by atoms with van der Waals surface area (Å²) in [6.07, 6.45) is 2.89. The molecule has 1 unspecified atom stereocenters. The fourth-order valence-corrected chi connectivity index (χ4v) is 4.04. The molecular formula is C24H29N7O3. The van der Waals surface area contributed by atoms with Gasteiger partial charge >= 0.3 is 0 Å². The van der Waals surface area contributed by atoms with E-state index in [1.54, 1.807) is 34.7 Å². The van der Waals surface area contributed by atoms with E-state index in [9.17, 15) is 9.59 Å².